The molecule has 1 saturated heterocycles. The topological polar surface area (TPSA) is 57.6 Å². The minimum atomic E-state index is -4.53. The van der Waals surface area contributed by atoms with Gasteiger partial charge in [-0.2, -0.15) is 13.2 Å². The van der Waals surface area contributed by atoms with Gasteiger partial charge in [-0.3, -0.25) is 9.59 Å². The second-order valence-corrected chi connectivity index (χ2v) is 6.81. The molecule has 0 aromatic heterocycles. The number of benzene rings is 2. The van der Waals surface area contributed by atoms with Crippen molar-refractivity contribution in [2.24, 2.45) is 0 Å². The fraction of sp³-hybridized carbons (Fsp3) is 0.300. The number of hydrogen-bond acceptors (Lipinski definition) is 3. The molecule has 1 aliphatic rings. The fourth-order valence-corrected chi connectivity index (χ4v) is 3.26. The van der Waals surface area contributed by atoms with Crippen LogP contribution in [0.25, 0.3) is 0 Å². The van der Waals surface area contributed by atoms with Crippen LogP contribution >= 0.6 is 0 Å². The summed E-state index contributed by atoms with van der Waals surface area (Å²) in [6.07, 6.45) is -5.17. The standard InChI is InChI=1S/C20H16F5NO3/c21-14-9-12(10-15(22)11-14)1-6-17(27)19(29)7-8-26(18(19)28)16-4-2-13(3-5-16)20(23,24)25/h2-5,9-11,29H,1,6-8H2/t19-/m0/s1. The number of Topliss-reactive ketones (excluding diaryl/α,β-unsaturated/α-hetero) is 1. The number of carbonyl (C=O) groups is 2. The van der Waals surface area contributed by atoms with Crippen molar-refractivity contribution in [3.8, 4) is 0 Å². The molecule has 0 spiro atoms. The summed E-state index contributed by atoms with van der Waals surface area (Å²) in [6, 6.07) is 6.57. The van der Waals surface area contributed by atoms with Gasteiger partial charge in [0.1, 0.15) is 11.6 Å². The van der Waals surface area contributed by atoms with Gasteiger partial charge in [0.2, 0.25) is 5.60 Å². The van der Waals surface area contributed by atoms with E-state index in [9.17, 15) is 36.6 Å². The van der Waals surface area contributed by atoms with E-state index >= 15 is 0 Å². The number of anilines is 1. The van der Waals surface area contributed by atoms with Gasteiger partial charge in [-0.15, -0.1) is 0 Å². The average molecular weight is 413 g/mol. The second kappa shape index (κ2) is 7.55. The monoisotopic (exact) mass is 413 g/mol. The largest absolute Gasteiger partial charge is 0.416 e. The molecule has 0 saturated carbocycles. The molecule has 1 fully saturated rings. The van der Waals surface area contributed by atoms with Gasteiger partial charge in [0.05, 0.1) is 5.56 Å². The molecule has 0 bridgehead atoms. The van der Waals surface area contributed by atoms with Gasteiger partial charge in [0.15, 0.2) is 5.78 Å². The maximum Gasteiger partial charge on any atom is 0.416 e. The highest BCUT2D eigenvalue weighted by molar-refractivity contribution is 6.17. The molecule has 1 aliphatic heterocycles. The van der Waals surface area contributed by atoms with Crippen LogP contribution in [0, 0.1) is 11.6 Å². The zero-order valence-electron chi connectivity index (χ0n) is 15.0. The summed E-state index contributed by atoms with van der Waals surface area (Å²) in [5.41, 5.74) is -2.89. The molecule has 1 atom stereocenters. The van der Waals surface area contributed by atoms with Crippen LogP contribution in [-0.4, -0.2) is 28.9 Å². The molecule has 0 unspecified atom stereocenters. The van der Waals surface area contributed by atoms with Crippen LogP contribution in [0.1, 0.15) is 24.0 Å². The Morgan fingerprint density at radius 1 is 1.07 bits per heavy atom. The first-order chi connectivity index (χ1) is 13.5. The lowest BCUT2D eigenvalue weighted by Gasteiger charge is -2.21. The predicted octanol–water partition coefficient (Wildman–Crippen LogP) is 3.65. The Morgan fingerprint density at radius 3 is 2.21 bits per heavy atom. The highest BCUT2D eigenvalue weighted by Crippen LogP contribution is 2.33. The van der Waals surface area contributed by atoms with Crippen molar-refractivity contribution >= 4 is 17.4 Å². The van der Waals surface area contributed by atoms with E-state index in [1.807, 2.05) is 0 Å². The van der Waals surface area contributed by atoms with Gasteiger partial charge in [-0.25, -0.2) is 8.78 Å². The molecule has 3 rings (SSSR count). The first-order valence-electron chi connectivity index (χ1n) is 8.70. The first kappa shape index (κ1) is 20.9. The van der Waals surface area contributed by atoms with Crippen LogP contribution in [-0.2, 0) is 22.2 Å². The number of halogens is 5. The van der Waals surface area contributed by atoms with Crippen molar-refractivity contribution in [3.05, 3.63) is 65.2 Å². The second-order valence-electron chi connectivity index (χ2n) is 6.81. The number of aliphatic hydroxyl groups is 1. The smallest absolute Gasteiger partial charge is 0.373 e. The van der Waals surface area contributed by atoms with Crippen LogP contribution in [0.3, 0.4) is 0 Å². The maximum atomic E-state index is 13.2. The van der Waals surface area contributed by atoms with E-state index in [-0.39, 0.29) is 37.1 Å². The van der Waals surface area contributed by atoms with Gasteiger partial charge < -0.3 is 10.0 Å². The number of alkyl halides is 3. The molecule has 9 heteroatoms. The number of aryl methyl sites for hydroxylation is 1. The van der Waals surface area contributed by atoms with Crippen molar-refractivity contribution in [1.29, 1.82) is 0 Å². The van der Waals surface area contributed by atoms with Gasteiger partial charge in [-0.1, -0.05) is 0 Å². The van der Waals surface area contributed by atoms with Crippen molar-refractivity contribution < 1.29 is 36.6 Å². The van der Waals surface area contributed by atoms with Crippen LogP contribution in [0.2, 0.25) is 0 Å². The molecular formula is C20H16F5NO3. The Bertz CT molecular complexity index is 922. The van der Waals surface area contributed by atoms with Crippen molar-refractivity contribution in [2.45, 2.75) is 31.0 Å². The molecule has 2 aromatic rings. The summed E-state index contributed by atoms with van der Waals surface area (Å²) >= 11 is 0. The van der Waals surface area contributed by atoms with Gasteiger partial charge in [0, 0.05) is 31.1 Å². The van der Waals surface area contributed by atoms with Gasteiger partial charge in [0.25, 0.3) is 5.91 Å². The van der Waals surface area contributed by atoms with E-state index in [4.69, 9.17) is 0 Å². The zero-order chi connectivity index (χ0) is 21.4. The number of carbonyl (C=O) groups excluding carboxylic acids is 2. The Labute approximate surface area is 162 Å². The highest BCUT2D eigenvalue weighted by Gasteiger charge is 2.50. The SMILES string of the molecule is O=C(CCc1cc(F)cc(F)c1)[C@@]1(O)CCN(c2ccc(C(F)(F)F)cc2)C1=O. The van der Waals surface area contributed by atoms with E-state index in [1.54, 1.807) is 0 Å². The number of amides is 1. The number of rotatable bonds is 5. The number of nitrogens with zero attached hydrogens (tertiary/aromatic N) is 1. The zero-order valence-corrected chi connectivity index (χ0v) is 15.0. The van der Waals surface area contributed by atoms with Crippen LogP contribution in [0.15, 0.2) is 42.5 Å². The quantitative estimate of drug-likeness (QED) is 0.602. The fourth-order valence-electron chi connectivity index (χ4n) is 3.26. The van der Waals surface area contributed by atoms with E-state index in [0.717, 1.165) is 41.3 Å². The minimum absolute atomic E-state index is 0.0545. The summed E-state index contributed by atoms with van der Waals surface area (Å²) in [6.45, 7) is -0.0545. The third-order valence-electron chi connectivity index (χ3n) is 4.83. The van der Waals surface area contributed by atoms with Gasteiger partial charge in [-0.05, 0) is 48.4 Å². The highest BCUT2D eigenvalue weighted by atomic mass is 19.4. The lowest BCUT2D eigenvalue weighted by Crippen LogP contribution is -2.47. The summed E-state index contributed by atoms with van der Waals surface area (Å²) < 4.78 is 64.4. The van der Waals surface area contributed by atoms with E-state index in [2.05, 4.69) is 0 Å². The third kappa shape index (κ3) is 4.29. The Kier molecular flexibility index (Phi) is 5.44. The predicted molar refractivity (Wildman–Crippen MR) is 93.0 cm³/mol. The molecule has 1 heterocycles. The van der Waals surface area contributed by atoms with Crippen LogP contribution in [0.5, 0.6) is 0 Å². The Hall–Kier alpha value is -2.81. The van der Waals surface area contributed by atoms with E-state index < -0.39 is 40.7 Å². The molecule has 4 nitrogen and oxygen atoms in total. The maximum absolute atomic E-state index is 13.2. The van der Waals surface area contributed by atoms with E-state index in [1.165, 1.54) is 0 Å². The molecular weight excluding hydrogens is 397 g/mol. The van der Waals surface area contributed by atoms with Crippen LogP contribution < -0.4 is 4.90 Å². The normalized spacial score (nSPS) is 19.7. The third-order valence-corrected chi connectivity index (χ3v) is 4.83. The van der Waals surface area contributed by atoms with E-state index in [0.29, 0.717) is 6.07 Å². The lowest BCUT2D eigenvalue weighted by atomic mass is 9.92. The molecule has 0 radical (unpaired) electrons. The Balaban J connectivity index is 1.70. The number of ketones is 1. The first-order valence-corrected chi connectivity index (χ1v) is 8.70. The van der Waals surface area contributed by atoms with Gasteiger partial charge >= 0.3 is 6.18 Å². The number of hydrogen-bond donors (Lipinski definition) is 1. The Morgan fingerprint density at radius 2 is 1.66 bits per heavy atom. The summed E-state index contributed by atoms with van der Waals surface area (Å²) in [5, 5.41) is 10.6. The van der Waals surface area contributed by atoms with Crippen molar-refractivity contribution in [3.63, 3.8) is 0 Å². The van der Waals surface area contributed by atoms with Crippen molar-refractivity contribution in [1.82, 2.24) is 0 Å². The molecule has 0 aliphatic carbocycles. The summed E-state index contributed by atoms with van der Waals surface area (Å²) in [5.74, 6) is -3.37. The molecule has 154 valence electrons. The summed E-state index contributed by atoms with van der Waals surface area (Å²) in [7, 11) is 0. The average Bonchev–Trinajstić information content (AvgIpc) is 2.94. The summed E-state index contributed by atoms with van der Waals surface area (Å²) in [4.78, 5) is 26.1. The lowest BCUT2D eigenvalue weighted by molar-refractivity contribution is -0.147. The minimum Gasteiger partial charge on any atom is -0.373 e. The molecule has 2 aromatic carbocycles. The molecule has 1 N–H and O–H groups in total. The molecule has 29 heavy (non-hydrogen) atoms. The van der Waals surface area contributed by atoms with Crippen molar-refractivity contribution in [2.75, 3.05) is 11.4 Å². The van der Waals surface area contributed by atoms with Crippen LogP contribution in [0.4, 0.5) is 27.6 Å². The molecule has 1 amide bonds.